The van der Waals surface area contributed by atoms with Crippen molar-refractivity contribution in [1.82, 2.24) is 0 Å². The number of ether oxygens (including phenoxy) is 2. The van der Waals surface area contributed by atoms with Gasteiger partial charge in [-0.05, 0) is 43.9 Å². The maximum absolute atomic E-state index is 11.0. The molecule has 0 N–H and O–H groups in total. The number of esters is 2. The molecule has 4 atom stereocenters. The summed E-state index contributed by atoms with van der Waals surface area (Å²) in [5.74, 6) is 0.556. The van der Waals surface area contributed by atoms with Crippen molar-refractivity contribution in [2.45, 2.75) is 58.2 Å². The van der Waals surface area contributed by atoms with Crippen molar-refractivity contribution in [2.75, 3.05) is 0 Å². The summed E-state index contributed by atoms with van der Waals surface area (Å²) in [4.78, 5) is 22.0. The van der Waals surface area contributed by atoms with Crippen molar-refractivity contribution in [1.29, 1.82) is 0 Å². The summed E-state index contributed by atoms with van der Waals surface area (Å²) in [5, 5.41) is 0. The van der Waals surface area contributed by atoms with E-state index in [9.17, 15) is 9.59 Å². The fraction of sp³-hybridized carbons (Fsp3) is 0.846. The van der Waals surface area contributed by atoms with Gasteiger partial charge < -0.3 is 9.47 Å². The van der Waals surface area contributed by atoms with E-state index in [1.807, 2.05) is 0 Å². The van der Waals surface area contributed by atoms with Gasteiger partial charge in [-0.15, -0.1) is 0 Å². The second-order valence-corrected chi connectivity index (χ2v) is 5.21. The number of rotatable bonds is 2. The van der Waals surface area contributed by atoms with E-state index in [4.69, 9.17) is 9.47 Å². The Labute approximate surface area is 102 Å². The zero-order valence-corrected chi connectivity index (χ0v) is 10.5. The van der Waals surface area contributed by atoms with E-state index in [1.54, 1.807) is 0 Å². The van der Waals surface area contributed by atoms with Crippen molar-refractivity contribution in [3.63, 3.8) is 0 Å². The molecule has 17 heavy (non-hydrogen) atoms. The maximum Gasteiger partial charge on any atom is 0.302 e. The first-order valence-corrected chi connectivity index (χ1v) is 6.40. The highest BCUT2D eigenvalue weighted by molar-refractivity contribution is 5.66. The molecule has 0 aromatic heterocycles. The minimum atomic E-state index is -0.185. The van der Waals surface area contributed by atoms with Crippen LogP contribution in [-0.4, -0.2) is 24.1 Å². The summed E-state index contributed by atoms with van der Waals surface area (Å²) in [6.45, 7) is 2.94. The minimum Gasteiger partial charge on any atom is -0.462 e. The summed E-state index contributed by atoms with van der Waals surface area (Å²) in [6.07, 6.45) is 5.00. The molecule has 0 unspecified atom stereocenters. The minimum absolute atomic E-state index is 0.0852. The normalized spacial score (nSPS) is 36.1. The first-order valence-electron chi connectivity index (χ1n) is 6.40. The third-order valence-corrected chi connectivity index (χ3v) is 3.94. The van der Waals surface area contributed by atoms with E-state index in [0.29, 0.717) is 11.8 Å². The summed E-state index contributed by atoms with van der Waals surface area (Å²) < 4.78 is 10.7. The summed E-state index contributed by atoms with van der Waals surface area (Å²) in [6, 6.07) is 0. The molecule has 2 saturated carbocycles. The van der Waals surface area contributed by atoms with Crippen LogP contribution in [-0.2, 0) is 19.1 Å². The van der Waals surface area contributed by atoms with Gasteiger partial charge in [-0.1, -0.05) is 0 Å². The lowest BCUT2D eigenvalue weighted by atomic mass is 9.69. The smallest absolute Gasteiger partial charge is 0.302 e. The molecule has 0 saturated heterocycles. The molecule has 0 radical (unpaired) electrons. The Morgan fingerprint density at radius 1 is 0.824 bits per heavy atom. The van der Waals surface area contributed by atoms with E-state index in [1.165, 1.54) is 13.8 Å². The molecule has 4 nitrogen and oxygen atoms in total. The van der Waals surface area contributed by atoms with Crippen LogP contribution in [0, 0.1) is 11.8 Å². The van der Waals surface area contributed by atoms with Crippen LogP contribution >= 0.6 is 0 Å². The molecule has 96 valence electrons. The van der Waals surface area contributed by atoms with Crippen LogP contribution in [0.2, 0.25) is 0 Å². The van der Waals surface area contributed by atoms with Crippen LogP contribution in [0.15, 0.2) is 0 Å². The Hall–Kier alpha value is -1.06. The molecule has 0 amide bonds. The third-order valence-electron chi connectivity index (χ3n) is 3.94. The van der Waals surface area contributed by atoms with Gasteiger partial charge in [0, 0.05) is 13.8 Å². The highest BCUT2D eigenvalue weighted by Gasteiger charge is 2.41. The second-order valence-electron chi connectivity index (χ2n) is 5.21. The molecule has 0 spiro atoms. The van der Waals surface area contributed by atoms with Gasteiger partial charge in [-0.25, -0.2) is 0 Å². The lowest BCUT2D eigenvalue weighted by molar-refractivity contribution is -0.161. The Morgan fingerprint density at radius 2 is 1.24 bits per heavy atom. The summed E-state index contributed by atoms with van der Waals surface area (Å²) in [5.41, 5.74) is 0. The van der Waals surface area contributed by atoms with E-state index >= 15 is 0 Å². The van der Waals surface area contributed by atoms with Gasteiger partial charge in [-0.2, -0.15) is 0 Å². The van der Waals surface area contributed by atoms with Crippen LogP contribution in [0.5, 0.6) is 0 Å². The predicted molar refractivity (Wildman–Crippen MR) is 61.2 cm³/mol. The lowest BCUT2D eigenvalue weighted by Gasteiger charge is -2.43. The fourth-order valence-corrected chi connectivity index (χ4v) is 3.26. The van der Waals surface area contributed by atoms with E-state index < -0.39 is 0 Å². The van der Waals surface area contributed by atoms with Crippen LogP contribution in [0.4, 0.5) is 0 Å². The Bertz CT molecular complexity index is 283. The summed E-state index contributed by atoms with van der Waals surface area (Å²) in [7, 11) is 0. The Morgan fingerprint density at radius 3 is 1.59 bits per heavy atom. The Balaban J connectivity index is 1.91. The van der Waals surface area contributed by atoms with Gasteiger partial charge in [-0.3, -0.25) is 9.59 Å². The first-order chi connectivity index (χ1) is 8.06. The zero-order chi connectivity index (χ0) is 12.4. The van der Waals surface area contributed by atoms with Crippen LogP contribution in [0.3, 0.4) is 0 Å². The molecule has 4 heteroatoms. The van der Waals surface area contributed by atoms with Gasteiger partial charge in [0.15, 0.2) is 0 Å². The van der Waals surface area contributed by atoms with Gasteiger partial charge in [0.1, 0.15) is 12.2 Å². The second kappa shape index (κ2) is 5.07. The van der Waals surface area contributed by atoms with Crippen molar-refractivity contribution >= 4 is 11.9 Å². The van der Waals surface area contributed by atoms with Crippen molar-refractivity contribution < 1.29 is 19.1 Å². The number of carbonyl (C=O) groups is 2. The van der Waals surface area contributed by atoms with E-state index in [0.717, 1.165) is 32.1 Å². The maximum atomic E-state index is 11.0. The number of hydrogen-bond acceptors (Lipinski definition) is 4. The van der Waals surface area contributed by atoms with Crippen LogP contribution in [0.25, 0.3) is 0 Å². The molecule has 2 aliphatic rings. The molecule has 0 aromatic carbocycles. The number of hydrogen-bond donors (Lipinski definition) is 0. The van der Waals surface area contributed by atoms with Crippen molar-refractivity contribution in [3.8, 4) is 0 Å². The average molecular weight is 240 g/mol. The van der Waals surface area contributed by atoms with Crippen LogP contribution < -0.4 is 0 Å². The standard InChI is InChI=1S/C13H20O4/c1-8(14)16-12-5-3-11-7-10(12)4-6-13(11)17-9(2)15/h10-13H,3-7H2,1-2H3/t10-,11-,12-,13+/m0/s1. The third kappa shape index (κ3) is 2.99. The molecular weight excluding hydrogens is 220 g/mol. The van der Waals surface area contributed by atoms with E-state index in [-0.39, 0.29) is 24.1 Å². The predicted octanol–water partition coefficient (Wildman–Crippen LogP) is 2.06. The molecule has 0 aromatic rings. The molecule has 0 aliphatic heterocycles. The monoisotopic (exact) mass is 240 g/mol. The SMILES string of the molecule is CC(=O)O[C@H]1CC[C@H]2C[C@@H]1CC[C@H]2OC(C)=O. The summed E-state index contributed by atoms with van der Waals surface area (Å²) >= 11 is 0. The van der Waals surface area contributed by atoms with Crippen molar-refractivity contribution in [3.05, 3.63) is 0 Å². The molecule has 2 rings (SSSR count). The van der Waals surface area contributed by atoms with E-state index in [2.05, 4.69) is 0 Å². The molecule has 2 aliphatic carbocycles. The van der Waals surface area contributed by atoms with Gasteiger partial charge in [0.2, 0.25) is 0 Å². The van der Waals surface area contributed by atoms with Gasteiger partial charge >= 0.3 is 11.9 Å². The van der Waals surface area contributed by atoms with Crippen LogP contribution in [0.1, 0.15) is 46.0 Å². The zero-order valence-electron chi connectivity index (χ0n) is 10.5. The topological polar surface area (TPSA) is 52.6 Å². The van der Waals surface area contributed by atoms with Gasteiger partial charge in [0.05, 0.1) is 0 Å². The molecule has 0 heterocycles. The highest BCUT2D eigenvalue weighted by atomic mass is 16.5. The fourth-order valence-electron chi connectivity index (χ4n) is 3.26. The molecular formula is C13H20O4. The Kier molecular flexibility index (Phi) is 3.69. The lowest BCUT2D eigenvalue weighted by Crippen LogP contribution is -2.42. The number of carbonyl (C=O) groups excluding carboxylic acids is 2. The number of fused-ring (bicyclic) bond motifs is 2. The van der Waals surface area contributed by atoms with Crippen molar-refractivity contribution in [2.24, 2.45) is 11.8 Å². The average Bonchev–Trinajstić information content (AvgIpc) is 2.24. The van der Waals surface area contributed by atoms with Gasteiger partial charge in [0.25, 0.3) is 0 Å². The molecule has 2 bridgehead atoms. The molecule has 2 fully saturated rings. The largest absolute Gasteiger partial charge is 0.462 e. The quantitative estimate of drug-likeness (QED) is 0.693. The highest BCUT2D eigenvalue weighted by Crippen LogP contribution is 2.42. The first kappa shape index (κ1) is 12.4.